The van der Waals surface area contributed by atoms with E-state index >= 15 is 0 Å². The van der Waals surface area contributed by atoms with Crippen LogP contribution in [0.4, 0.5) is 0 Å². The molecule has 124 valence electrons. The van der Waals surface area contributed by atoms with Gasteiger partial charge in [0, 0.05) is 19.3 Å². The van der Waals surface area contributed by atoms with E-state index < -0.39 is 0 Å². The normalized spacial score (nSPS) is 10.9. The number of amides is 1. The summed E-state index contributed by atoms with van der Waals surface area (Å²) in [7, 11) is 0. The number of ether oxygens (including phenoxy) is 1. The van der Waals surface area contributed by atoms with E-state index in [2.05, 4.69) is 15.4 Å². The minimum Gasteiger partial charge on any atom is -0.380 e. The maximum absolute atomic E-state index is 12.1. The van der Waals surface area contributed by atoms with Crippen molar-refractivity contribution in [3.05, 3.63) is 41.0 Å². The van der Waals surface area contributed by atoms with E-state index in [1.54, 1.807) is 22.8 Å². The van der Waals surface area contributed by atoms with Gasteiger partial charge in [-0.3, -0.25) is 9.59 Å². The van der Waals surface area contributed by atoms with Crippen molar-refractivity contribution >= 4 is 29.2 Å². The van der Waals surface area contributed by atoms with Crippen LogP contribution in [-0.2, 0) is 4.74 Å². The first kappa shape index (κ1) is 16.3. The number of rotatable bonds is 7. The average Bonchev–Trinajstić information content (AvgIpc) is 3.24. The van der Waals surface area contributed by atoms with Crippen molar-refractivity contribution in [3.8, 4) is 10.6 Å². The van der Waals surface area contributed by atoms with Gasteiger partial charge in [0.1, 0.15) is 0 Å². The van der Waals surface area contributed by atoms with Crippen LogP contribution in [0, 0.1) is 0 Å². The SMILES string of the molecule is CCOCCNC(=O)c1ccc(-c2ccn3ncc(C=O)c3n2)s1. The largest absolute Gasteiger partial charge is 0.380 e. The first-order valence-electron chi connectivity index (χ1n) is 7.48. The Bertz CT molecular complexity index is 871. The van der Waals surface area contributed by atoms with Gasteiger partial charge in [-0.25, -0.2) is 9.50 Å². The molecular formula is C16H16N4O3S. The van der Waals surface area contributed by atoms with Gasteiger partial charge >= 0.3 is 0 Å². The highest BCUT2D eigenvalue weighted by molar-refractivity contribution is 7.17. The van der Waals surface area contributed by atoms with Crippen molar-refractivity contribution < 1.29 is 14.3 Å². The highest BCUT2D eigenvalue weighted by Gasteiger charge is 2.12. The summed E-state index contributed by atoms with van der Waals surface area (Å²) >= 11 is 1.35. The fourth-order valence-electron chi connectivity index (χ4n) is 2.17. The van der Waals surface area contributed by atoms with Crippen LogP contribution in [0.2, 0.25) is 0 Å². The number of hydrogen-bond donors (Lipinski definition) is 1. The molecule has 3 aromatic heterocycles. The molecule has 0 saturated heterocycles. The van der Waals surface area contributed by atoms with Gasteiger partial charge in [-0.2, -0.15) is 5.10 Å². The van der Waals surface area contributed by atoms with Crippen molar-refractivity contribution in [3.63, 3.8) is 0 Å². The minimum atomic E-state index is -0.134. The predicted octanol–water partition coefficient (Wildman–Crippen LogP) is 2.04. The molecule has 0 aliphatic carbocycles. The fourth-order valence-corrected chi connectivity index (χ4v) is 3.06. The van der Waals surface area contributed by atoms with Gasteiger partial charge in [0.15, 0.2) is 11.9 Å². The standard InChI is InChI=1S/C16H16N4O3S/c1-2-23-8-6-17-16(22)14-4-3-13(24-14)12-5-7-20-15(19-12)11(10-21)9-18-20/h3-5,7,9-10H,2,6,8H2,1H3,(H,17,22). The Morgan fingerprint density at radius 3 is 3.08 bits per heavy atom. The Morgan fingerprint density at radius 1 is 1.42 bits per heavy atom. The molecule has 0 aromatic carbocycles. The summed E-state index contributed by atoms with van der Waals surface area (Å²) in [5, 5.41) is 6.86. The zero-order valence-electron chi connectivity index (χ0n) is 13.1. The summed E-state index contributed by atoms with van der Waals surface area (Å²) in [6, 6.07) is 5.41. The van der Waals surface area contributed by atoms with Gasteiger partial charge in [-0.05, 0) is 25.1 Å². The Balaban J connectivity index is 1.77. The number of carbonyl (C=O) groups excluding carboxylic acids is 2. The number of carbonyl (C=O) groups is 2. The van der Waals surface area contributed by atoms with Crippen LogP contribution in [0.15, 0.2) is 30.6 Å². The second kappa shape index (κ2) is 7.33. The molecule has 0 unspecified atom stereocenters. The second-order valence-electron chi connectivity index (χ2n) is 4.92. The van der Waals surface area contributed by atoms with E-state index in [1.807, 2.05) is 13.0 Å². The Morgan fingerprint density at radius 2 is 2.29 bits per heavy atom. The molecule has 7 nitrogen and oxygen atoms in total. The number of aromatic nitrogens is 3. The molecule has 8 heteroatoms. The number of thiophene rings is 1. The lowest BCUT2D eigenvalue weighted by molar-refractivity contribution is 0.0926. The molecule has 0 fully saturated rings. The van der Waals surface area contributed by atoms with Gasteiger partial charge in [-0.15, -0.1) is 11.3 Å². The topological polar surface area (TPSA) is 85.6 Å². The Kier molecular flexibility index (Phi) is 4.97. The lowest BCUT2D eigenvalue weighted by Gasteiger charge is -2.03. The molecule has 3 aromatic rings. The highest BCUT2D eigenvalue weighted by Crippen LogP contribution is 2.27. The van der Waals surface area contributed by atoms with Crippen LogP contribution in [0.5, 0.6) is 0 Å². The van der Waals surface area contributed by atoms with Crippen molar-refractivity contribution in [1.29, 1.82) is 0 Å². The fraction of sp³-hybridized carbons (Fsp3) is 0.250. The molecule has 0 atom stereocenters. The predicted molar refractivity (Wildman–Crippen MR) is 90.5 cm³/mol. The zero-order chi connectivity index (χ0) is 16.9. The van der Waals surface area contributed by atoms with Gasteiger partial charge in [0.25, 0.3) is 5.91 Å². The molecule has 3 heterocycles. The zero-order valence-corrected chi connectivity index (χ0v) is 13.9. The van der Waals surface area contributed by atoms with E-state index in [-0.39, 0.29) is 5.91 Å². The summed E-state index contributed by atoms with van der Waals surface area (Å²) in [5.41, 5.74) is 1.63. The van der Waals surface area contributed by atoms with Crippen molar-refractivity contribution in [2.45, 2.75) is 6.92 Å². The molecule has 0 spiro atoms. The lowest BCUT2D eigenvalue weighted by Crippen LogP contribution is -2.26. The summed E-state index contributed by atoms with van der Waals surface area (Å²) < 4.78 is 6.74. The Hall–Kier alpha value is -2.58. The molecule has 1 N–H and O–H groups in total. The van der Waals surface area contributed by atoms with E-state index in [0.717, 1.165) is 11.2 Å². The van der Waals surface area contributed by atoms with E-state index in [4.69, 9.17) is 4.74 Å². The molecule has 0 aliphatic heterocycles. The quantitative estimate of drug-likeness (QED) is 0.524. The number of nitrogens with one attached hydrogen (secondary N) is 1. The number of fused-ring (bicyclic) bond motifs is 1. The van der Waals surface area contributed by atoms with Gasteiger partial charge in [0.05, 0.1) is 33.8 Å². The molecule has 1 amide bonds. The third kappa shape index (κ3) is 3.34. The average molecular weight is 344 g/mol. The lowest BCUT2D eigenvalue weighted by atomic mass is 10.3. The van der Waals surface area contributed by atoms with Crippen molar-refractivity contribution in [1.82, 2.24) is 19.9 Å². The summed E-state index contributed by atoms with van der Waals surface area (Å²) in [6.45, 7) is 3.51. The maximum atomic E-state index is 12.1. The third-order valence-corrected chi connectivity index (χ3v) is 4.45. The molecular weight excluding hydrogens is 328 g/mol. The van der Waals surface area contributed by atoms with Gasteiger partial charge < -0.3 is 10.1 Å². The van der Waals surface area contributed by atoms with Crippen LogP contribution >= 0.6 is 11.3 Å². The highest BCUT2D eigenvalue weighted by atomic mass is 32.1. The van der Waals surface area contributed by atoms with Crippen molar-refractivity contribution in [2.24, 2.45) is 0 Å². The molecule has 3 rings (SSSR count). The molecule has 0 radical (unpaired) electrons. The third-order valence-electron chi connectivity index (χ3n) is 3.34. The molecule has 0 aliphatic rings. The first-order valence-corrected chi connectivity index (χ1v) is 8.30. The van der Waals surface area contributed by atoms with Gasteiger partial charge in [0.2, 0.25) is 0 Å². The number of nitrogens with zero attached hydrogens (tertiary/aromatic N) is 3. The minimum absolute atomic E-state index is 0.134. The summed E-state index contributed by atoms with van der Waals surface area (Å²) in [6.07, 6.45) is 3.95. The monoisotopic (exact) mass is 344 g/mol. The summed E-state index contributed by atoms with van der Waals surface area (Å²) in [4.78, 5) is 29.0. The number of hydrogen-bond acceptors (Lipinski definition) is 6. The first-order chi connectivity index (χ1) is 11.7. The molecule has 24 heavy (non-hydrogen) atoms. The van der Waals surface area contributed by atoms with E-state index in [9.17, 15) is 9.59 Å². The van der Waals surface area contributed by atoms with E-state index in [1.165, 1.54) is 17.5 Å². The Labute approximate surface area is 142 Å². The van der Waals surface area contributed by atoms with Crippen molar-refractivity contribution in [2.75, 3.05) is 19.8 Å². The van der Waals surface area contributed by atoms with Gasteiger partial charge in [-0.1, -0.05) is 0 Å². The molecule has 0 bridgehead atoms. The molecule has 0 saturated carbocycles. The van der Waals surface area contributed by atoms with Crippen LogP contribution < -0.4 is 5.32 Å². The summed E-state index contributed by atoms with van der Waals surface area (Å²) in [5.74, 6) is -0.134. The second-order valence-corrected chi connectivity index (χ2v) is 6.00. The maximum Gasteiger partial charge on any atom is 0.261 e. The number of aldehydes is 1. The van der Waals surface area contributed by atoms with E-state index in [0.29, 0.717) is 41.5 Å². The van der Waals surface area contributed by atoms with Crippen LogP contribution in [-0.4, -0.2) is 46.5 Å². The van der Waals surface area contributed by atoms with Crippen LogP contribution in [0.1, 0.15) is 27.0 Å². The smallest absolute Gasteiger partial charge is 0.261 e. The van der Waals surface area contributed by atoms with Crippen LogP contribution in [0.3, 0.4) is 0 Å². The van der Waals surface area contributed by atoms with Crippen LogP contribution in [0.25, 0.3) is 16.2 Å².